The van der Waals surface area contributed by atoms with Gasteiger partial charge in [0.05, 0.1) is 0 Å². The summed E-state index contributed by atoms with van der Waals surface area (Å²) in [7, 11) is 0. The number of rotatable bonds is 5. The average Bonchev–Trinajstić information content (AvgIpc) is 3.48. The number of carbonyl (C=O) groups is 2. The van der Waals surface area contributed by atoms with Gasteiger partial charge in [-0.05, 0) is 55.1 Å². The summed E-state index contributed by atoms with van der Waals surface area (Å²) >= 11 is 0. The standard InChI is InChI=1S/C21H26N2O3/c24-20(25)12-16-8-10-23(21(26)15-5-6-15)13-17(16)11-19-18-4-2-1-3-14(18)7-9-22-19/h1-4,15-17H,5-13H2,(H,24,25)/t16-,17-/m0/s1. The van der Waals surface area contributed by atoms with Gasteiger partial charge >= 0.3 is 5.97 Å². The summed E-state index contributed by atoms with van der Waals surface area (Å²) in [5.41, 5.74) is 3.63. The lowest BCUT2D eigenvalue weighted by Gasteiger charge is -2.39. The van der Waals surface area contributed by atoms with Crippen LogP contribution >= 0.6 is 0 Å². The van der Waals surface area contributed by atoms with Crippen molar-refractivity contribution in [2.45, 2.75) is 38.5 Å². The highest BCUT2D eigenvalue weighted by molar-refractivity contribution is 6.02. The summed E-state index contributed by atoms with van der Waals surface area (Å²) in [6.07, 6.45) is 4.73. The molecular weight excluding hydrogens is 328 g/mol. The lowest BCUT2D eigenvalue weighted by atomic mass is 9.78. The van der Waals surface area contributed by atoms with E-state index < -0.39 is 5.97 Å². The van der Waals surface area contributed by atoms with E-state index in [1.165, 1.54) is 11.1 Å². The van der Waals surface area contributed by atoms with Crippen molar-refractivity contribution >= 4 is 17.6 Å². The van der Waals surface area contributed by atoms with E-state index in [1.54, 1.807) is 0 Å². The van der Waals surface area contributed by atoms with Crippen LogP contribution in [0.2, 0.25) is 0 Å². The summed E-state index contributed by atoms with van der Waals surface area (Å²) in [6.45, 7) is 2.18. The Bertz CT molecular complexity index is 739. The van der Waals surface area contributed by atoms with E-state index in [9.17, 15) is 14.7 Å². The monoisotopic (exact) mass is 354 g/mol. The van der Waals surface area contributed by atoms with Crippen molar-refractivity contribution in [3.63, 3.8) is 0 Å². The number of benzene rings is 1. The van der Waals surface area contributed by atoms with Crippen LogP contribution in [0.25, 0.3) is 0 Å². The summed E-state index contributed by atoms with van der Waals surface area (Å²) < 4.78 is 0. The first-order valence-corrected chi connectivity index (χ1v) is 9.74. The number of carboxylic acids is 1. The quantitative estimate of drug-likeness (QED) is 0.884. The number of hydrogen-bond acceptors (Lipinski definition) is 3. The Hall–Kier alpha value is -2.17. The molecule has 2 aliphatic heterocycles. The molecule has 138 valence electrons. The van der Waals surface area contributed by atoms with Gasteiger partial charge in [-0.15, -0.1) is 0 Å². The topological polar surface area (TPSA) is 70.0 Å². The van der Waals surface area contributed by atoms with E-state index in [0.717, 1.165) is 44.4 Å². The Balaban J connectivity index is 1.52. The predicted molar refractivity (Wildman–Crippen MR) is 99.3 cm³/mol. The summed E-state index contributed by atoms with van der Waals surface area (Å²) in [6, 6.07) is 8.38. The van der Waals surface area contributed by atoms with Crippen molar-refractivity contribution in [2.24, 2.45) is 22.7 Å². The maximum atomic E-state index is 12.5. The molecule has 1 N–H and O–H groups in total. The van der Waals surface area contributed by atoms with E-state index >= 15 is 0 Å². The van der Waals surface area contributed by atoms with Crippen LogP contribution in [-0.4, -0.2) is 47.2 Å². The normalized spacial score (nSPS) is 25.4. The second-order valence-electron chi connectivity index (χ2n) is 7.90. The lowest BCUT2D eigenvalue weighted by Crippen LogP contribution is -2.45. The van der Waals surface area contributed by atoms with Gasteiger partial charge in [-0.3, -0.25) is 14.6 Å². The molecule has 1 aliphatic carbocycles. The predicted octanol–water partition coefficient (Wildman–Crippen LogP) is 2.77. The van der Waals surface area contributed by atoms with Gasteiger partial charge in [-0.2, -0.15) is 0 Å². The number of fused-ring (bicyclic) bond motifs is 1. The zero-order valence-electron chi connectivity index (χ0n) is 15.1. The molecule has 0 aromatic heterocycles. The van der Waals surface area contributed by atoms with Gasteiger partial charge in [0.15, 0.2) is 0 Å². The Labute approximate surface area is 154 Å². The molecule has 2 atom stereocenters. The van der Waals surface area contributed by atoms with E-state index in [4.69, 9.17) is 4.99 Å². The first kappa shape index (κ1) is 17.3. The number of aliphatic imine (C=N–C) groups is 1. The second kappa shape index (κ2) is 7.22. The Morgan fingerprint density at radius 2 is 1.96 bits per heavy atom. The smallest absolute Gasteiger partial charge is 0.303 e. The molecule has 0 spiro atoms. The maximum Gasteiger partial charge on any atom is 0.303 e. The molecule has 1 saturated carbocycles. The van der Waals surface area contributed by atoms with Crippen molar-refractivity contribution in [3.8, 4) is 0 Å². The van der Waals surface area contributed by atoms with Crippen molar-refractivity contribution in [3.05, 3.63) is 35.4 Å². The molecule has 2 fully saturated rings. The molecular formula is C21H26N2O3. The number of nitrogens with zero attached hydrogens (tertiary/aromatic N) is 2. The minimum atomic E-state index is -0.743. The van der Waals surface area contributed by atoms with Gasteiger partial charge in [-0.1, -0.05) is 24.3 Å². The molecule has 0 unspecified atom stereocenters. The number of amides is 1. The molecule has 0 radical (unpaired) electrons. The fraction of sp³-hybridized carbons (Fsp3) is 0.571. The molecule has 26 heavy (non-hydrogen) atoms. The van der Waals surface area contributed by atoms with E-state index in [1.807, 2.05) is 11.0 Å². The molecule has 1 saturated heterocycles. The summed E-state index contributed by atoms with van der Waals surface area (Å²) in [5.74, 6) is 0.0436. The van der Waals surface area contributed by atoms with E-state index in [2.05, 4.69) is 18.2 Å². The fourth-order valence-electron chi connectivity index (χ4n) is 4.43. The van der Waals surface area contributed by atoms with Gasteiger partial charge in [-0.25, -0.2) is 0 Å². The van der Waals surface area contributed by atoms with Gasteiger partial charge < -0.3 is 10.0 Å². The Morgan fingerprint density at radius 1 is 1.15 bits per heavy atom. The molecule has 1 amide bonds. The molecule has 5 heteroatoms. The van der Waals surface area contributed by atoms with Crippen LogP contribution < -0.4 is 0 Å². The van der Waals surface area contributed by atoms with Crippen molar-refractivity contribution < 1.29 is 14.7 Å². The molecule has 3 aliphatic rings. The third kappa shape index (κ3) is 3.67. The third-order valence-corrected chi connectivity index (χ3v) is 6.03. The molecule has 1 aromatic rings. The van der Waals surface area contributed by atoms with Gasteiger partial charge in [0, 0.05) is 37.7 Å². The number of carbonyl (C=O) groups excluding carboxylic acids is 1. The molecule has 1 aromatic carbocycles. The van der Waals surface area contributed by atoms with Gasteiger partial charge in [0.2, 0.25) is 5.91 Å². The second-order valence-corrected chi connectivity index (χ2v) is 7.90. The molecule has 5 nitrogen and oxygen atoms in total. The van der Waals surface area contributed by atoms with E-state index in [0.29, 0.717) is 13.1 Å². The third-order valence-electron chi connectivity index (χ3n) is 6.03. The zero-order chi connectivity index (χ0) is 18.1. The maximum absolute atomic E-state index is 12.5. The summed E-state index contributed by atoms with van der Waals surface area (Å²) in [5, 5.41) is 9.31. The van der Waals surface area contributed by atoms with Crippen LogP contribution in [0.4, 0.5) is 0 Å². The Kier molecular flexibility index (Phi) is 4.79. The van der Waals surface area contributed by atoms with Crippen LogP contribution in [0.3, 0.4) is 0 Å². The van der Waals surface area contributed by atoms with Crippen molar-refractivity contribution in [2.75, 3.05) is 19.6 Å². The molecule has 4 rings (SSSR count). The highest BCUT2D eigenvalue weighted by atomic mass is 16.4. The van der Waals surface area contributed by atoms with Crippen LogP contribution in [-0.2, 0) is 16.0 Å². The molecule has 2 heterocycles. The lowest BCUT2D eigenvalue weighted by molar-refractivity contribution is -0.140. The zero-order valence-corrected chi connectivity index (χ0v) is 15.1. The fourth-order valence-corrected chi connectivity index (χ4v) is 4.43. The van der Waals surface area contributed by atoms with Crippen LogP contribution in [0.5, 0.6) is 0 Å². The molecule has 0 bridgehead atoms. The number of piperidine rings is 1. The minimum absolute atomic E-state index is 0.118. The SMILES string of the molecule is O=C(O)C[C@@H]1CCN(C(=O)C2CC2)C[C@@H]1CC1=NCCc2ccccc21. The van der Waals surface area contributed by atoms with Crippen LogP contribution in [0, 0.1) is 17.8 Å². The highest BCUT2D eigenvalue weighted by Crippen LogP contribution is 2.36. The highest BCUT2D eigenvalue weighted by Gasteiger charge is 2.39. The minimum Gasteiger partial charge on any atom is -0.481 e. The van der Waals surface area contributed by atoms with Crippen LogP contribution in [0.15, 0.2) is 29.3 Å². The Morgan fingerprint density at radius 3 is 2.73 bits per heavy atom. The first-order valence-electron chi connectivity index (χ1n) is 9.74. The van der Waals surface area contributed by atoms with E-state index in [-0.39, 0.29) is 30.1 Å². The van der Waals surface area contributed by atoms with Crippen LogP contribution in [0.1, 0.15) is 43.2 Å². The summed E-state index contributed by atoms with van der Waals surface area (Å²) in [4.78, 5) is 30.6. The number of likely N-dealkylation sites (tertiary alicyclic amines) is 1. The van der Waals surface area contributed by atoms with Crippen molar-refractivity contribution in [1.29, 1.82) is 0 Å². The first-order chi connectivity index (χ1) is 12.6. The number of hydrogen-bond donors (Lipinski definition) is 1. The van der Waals surface area contributed by atoms with Gasteiger partial charge in [0.1, 0.15) is 0 Å². The number of aliphatic carboxylic acids is 1. The average molecular weight is 354 g/mol. The van der Waals surface area contributed by atoms with Crippen molar-refractivity contribution in [1.82, 2.24) is 4.90 Å². The van der Waals surface area contributed by atoms with Gasteiger partial charge in [0.25, 0.3) is 0 Å². The largest absolute Gasteiger partial charge is 0.481 e. The number of carboxylic acid groups (broad SMARTS) is 1.